The number of nitrogens with one attached hydrogen (secondary N) is 1. The average molecular weight is 211 g/mol. The third kappa shape index (κ3) is 3.16. The molecule has 3 unspecified atom stereocenters. The normalized spacial score (nSPS) is 35.6. The fourth-order valence-corrected chi connectivity index (χ4v) is 2.96. The second-order valence-electron chi connectivity index (χ2n) is 5.36. The SMILES string of the molecule is CN1CCC(C(N)CC2CCCCN2)C1. The Labute approximate surface area is 93.4 Å². The topological polar surface area (TPSA) is 41.3 Å². The van der Waals surface area contributed by atoms with E-state index in [-0.39, 0.29) is 0 Å². The van der Waals surface area contributed by atoms with Gasteiger partial charge >= 0.3 is 0 Å². The van der Waals surface area contributed by atoms with Crippen LogP contribution in [-0.4, -0.2) is 43.7 Å². The molecule has 2 heterocycles. The lowest BCUT2D eigenvalue weighted by molar-refractivity contribution is 0.307. The van der Waals surface area contributed by atoms with E-state index in [0.717, 1.165) is 5.92 Å². The molecule has 0 spiro atoms. The van der Waals surface area contributed by atoms with Gasteiger partial charge in [-0.25, -0.2) is 0 Å². The summed E-state index contributed by atoms with van der Waals surface area (Å²) in [6.07, 6.45) is 6.53. The molecule has 88 valence electrons. The van der Waals surface area contributed by atoms with Gasteiger partial charge in [0.25, 0.3) is 0 Å². The molecule has 0 radical (unpaired) electrons. The Morgan fingerprint density at radius 2 is 2.27 bits per heavy atom. The van der Waals surface area contributed by atoms with Gasteiger partial charge in [-0.1, -0.05) is 6.42 Å². The Kier molecular flexibility index (Phi) is 4.00. The lowest BCUT2D eigenvalue weighted by Gasteiger charge is -2.28. The molecule has 3 atom stereocenters. The molecule has 3 N–H and O–H groups in total. The highest BCUT2D eigenvalue weighted by Gasteiger charge is 2.27. The molecule has 0 aliphatic carbocycles. The van der Waals surface area contributed by atoms with E-state index >= 15 is 0 Å². The van der Waals surface area contributed by atoms with Gasteiger partial charge in [-0.05, 0) is 51.7 Å². The minimum atomic E-state index is 0.408. The third-order valence-corrected chi connectivity index (χ3v) is 4.00. The van der Waals surface area contributed by atoms with Crippen LogP contribution in [0, 0.1) is 5.92 Å². The molecule has 0 amide bonds. The van der Waals surface area contributed by atoms with E-state index in [2.05, 4.69) is 17.3 Å². The molecule has 2 aliphatic rings. The second-order valence-corrected chi connectivity index (χ2v) is 5.36. The molecule has 3 heteroatoms. The fourth-order valence-electron chi connectivity index (χ4n) is 2.96. The number of likely N-dealkylation sites (tertiary alicyclic amines) is 1. The number of nitrogens with two attached hydrogens (primary N) is 1. The maximum absolute atomic E-state index is 6.31. The Morgan fingerprint density at radius 1 is 1.40 bits per heavy atom. The molecule has 0 aromatic rings. The zero-order chi connectivity index (χ0) is 10.7. The highest BCUT2D eigenvalue weighted by atomic mass is 15.1. The summed E-state index contributed by atoms with van der Waals surface area (Å²) in [5.41, 5.74) is 6.31. The Balaban J connectivity index is 1.73. The van der Waals surface area contributed by atoms with Crippen molar-refractivity contribution in [3.63, 3.8) is 0 Å². The van der Waals surface area contributed by atoms with Gasteiger partial charge in [0.05, 0.1) is 0 Å². The minimum Gasteiger partial charge on any atom is -0.327 e. The zero-order valence-electron chi connectivity index (χ0n) is 9.91. The van der Waals surface area contributed by atoms with Crippen molar-refractivity contribution in [3.8, 4) is 0 Å². The molecular weight excluding hydrogens is 186 g/mol. The molecule has 2 fully saturated rings. The molecule has 0 saturated carbocycles. The van der Waals surface area contributed by atoms with Crippen molar-refractivity contribution in [2.75, 3.05) is 26.7 Å². The van der Waals surface area contributed by atoms with Gasteiger partial charge in [-0.2, -0.15) is 0 Å². The Bertz CT molecular complexity index is 189. The quantitative estimate of drug-likeness (QED) is 0.725. The summed E-state index contributed by atoms with van der Waals surface area (Å²) < 4.78 is 0. The minimum absolute atomic E-state index is 0.408. The smallest absolute Gasteiger partial charge is 0.00946 e. The van der Waals surface area contributed by atoms with Gasteiger partial charge < -0.3 is 16.0 Å². The maximum atomic E-state index is 6.31. The van der Waals surface area contributed by atoms with Crippen LogP contribution in [0.25, 0.3) is 0 Å². The first-order valence-electron chi connectivity index (χ1n) is 6.43. The van der Waals surface area contributed by atoms with Crippen LogP contribution in [0.4, 0.5) is 0 Å². The van der Waals surface area contributed by atoms with Gasteiger partial charge in [0.2, 0.25) is 0 Å². The van der Waals surface area contributed by atoms with Gasteiger partial charge in [0.15, 0.2) is 0 Å². The lowest BCUT2D eigenvalue weighted by atomic mass is 9.90. The van der Waals surface area contributed by atoms with Gasteiger partial charge in [0.1, 0.15) is 0 Å². The molecule has 3 nitrogen and oxygen atoms in total. The number of rotatable bonds is 3. The Morgan fingerprint density at radius 3 is 2.87 bits per heavy atom. The van der Waals surface area contributed by atoms with E-state index in [1.165, 1.54) is 51.7 Å². The van der Waals surface area contributed by atoms with Crippen LogP contribution in [-0.2, 0) is 0 Å². The van der Waals surface area contributed by atoms with Crippen molar-refractivity contribution in [1.82, 2.24) is 10.2 Å². The van der Waals surface area contributed by atoms with E-state index in [1.807, 2.05) is 0 Å². The Hall–Kier alpha value is -0.120. The van der Waals surface area contributed by atoms with Crippen molar-refractivity contribution in [2.24, 2.45) is 11.7 Å². The van der Waals surface area contributed by atoms with E-state index in [1.54, 1.807) is 0 Å². The third-order valence-electron chi connectivity index (χ3n) is 4.00. The van der Waals surface area contributed by atoms with Crippen LogP contribution >= 0.6 is 0 Å². The predicted molar refractivity (Wildman–Crippen MR) is 63.8 cm³/mol. The molecule has 0 aromatic carbocycles. The van der Waals surface area contributed by atoms with Crippen LogP contribution in [0.1, 0.15) is 32.1 Å². The molecule has 0 bridgehead atoms. The van der Waals surface area contributed by atoms with E-state index in [0.29, 0.717) is 12.1 Å². The van der Waals surface area contributed by atoms with Gasteiger partial charge in [0, 0.05) is 18.6 Å². The predicted octanol–water partition coefficient (Wildman–Crippen LogP) is 0.798. The number of hydrogen-bond acceptors (Lipinski definition) is 3. The molecule has 2 rings (SSSR count). The second kappa shape index (κ2) is 5.28. The summed E-state index contributed by atoms with van der Waals surface area (Å²) in [6, 6.07) is 1.10. The van der Waals surface area contributed by atoms with Crippen molar-refractivity contribution < 1.29 is 0 Å². The van der Waals surface area contributed by atoms with Crippen LogP contribution < -0.4 is 11.1 Å². The lowest BCUT2D eigenvalue weighted by Crippen LogP contribution is -2.42. The fraction of sp³-hybridized carbons (Fsp3) is 1.00. The molecule has 0 aromatic heterocycles. The average Bonchev–Trinajstić information content (AvgIpc) is 2.66. The van der Waals surface area contributed by atoms with Crippen LogP contribution in [0.5, 0.6) is 0 Å². The summed E-state index contributed by atoms with van der Waals surface area (Å²) in [5.74, 6) is 0.735. The summed E-state index contributed by atoms with van der Waals surface area (Å²) >= 11 is 0. The van der Waals surface area contributed by atoms with Crippen LogP contribution in [0.2, 0.25) is 0 Å². The van der Waals surface area contributed by atoms with E-state index in [4.69, 9.17) is 5.73 Å². The van der Waals surface area contributed by atoms with Gasteiger partial charge in [-0.15, -0.1) is 0 Å². The molecule has 15 heavy (non-hydrogen) atoms. The van der Waals surface area contributed by atoms with Crippen molar-refractivity contribution in [1.29, 1.82) is 0 Å². The van der Waals surface area contributed by atoms with Crippen LogP contribution in [0.15, 0.2) is 0 Å². The highest BCUT2D eigenvalue weighted by molar-refractivity contribution is 4.86. The number of piperidine rings is 1. The zero-order valence-corrected chi connectivity index (χ0v) is 9.91. The van der Waals surface area contributed by atoms with E-state index < -0.39 is 0 Å². The number of nitrogens with zero attached hydrogens (tertiary/aromatic N) is 1. The largest absolute Gasteiger partial charge is 0.327 e. The highest BCUT2D eigenvalue weighted by Crippen LogP contribution is 2.21. The van der Waals surface area contributed by atoms with Gasteiger partial charge in [-0.3, -0.25) is 0 Å². The summed E-state index contributed by atoms with van der Waals surface area (Å²) in [6.45, 7) is 3.63. The first kappa shape index (κ1) is 11.4. The van der Waals surface area contributed by atoms with Crippen molar-refractivity contribution >= 4 is 0 Å². The molecule has 2 saturated heterocycles. The summed E-state index contributed by atoms with van der Waals surface area (Å²) in [4.78, 5) is 2.40. The van der Waals surface area contributed by atoms with E-state index in [9.17, 15) is 0 Å². The summed E-state index contributed by atoms with van der Waals surface area (Å²) in [5, 5.41) is 3.59. The summed E-state index contributed by atoms with van der Waals surface area (Å²) in [7, 11) is 2.20. The van der Waals surface area contributed by atoms with Crippen molar-refractivity contribution in [3.05, 3.63) is 0 Å². The maximum Gasteiger partial charge on any atom is 0.00946 e. The molecule has 2 aliphatic heterocycles. The molecular formula is C12H25N3. The number of hydrogen-bond donors (Lipinski definition) is 2. The first-order chi connectivity index (χ1) is 7.25. The first-order valence-corrected chi connectivity index (χ1v) is 6.43. The standard InChI is InChI=1S/C12H25N3/c1-15-7-5-10(9-15)12(13)8-11-4-2-3-6-14-11/h10-12,14H,2-9,13H2,1H3. The van der Waals surface area contributed by atoms with Crippen molar-refractivity contribution in [2.45, 2.75) is 44.2 Å². The monoisotopic (exact) mass is 211 g/mol. The van der Waals surface area contributed by atoms with Crippen LogP contribution in [0.3, 0.4) is 0 Å².